The van der Waals surface area contributed by atoms with Gasteiger partial charge in [0, 0.05) is 23.7 Å². The summed E-state index contributed by atoms with van der Waals surface area (Å²) in [6, 6.07) is 1.85. The molecule has 0 atom stereocenters. The molecule has 0 spiro atoms. The molecule has 0 radical (unpaired) electrons. The molecule has 1 aliphatic carbocycles. The number of ether oxygens (including phenoxy) is 1. The molecule has 1 aromatic heterocycles. The van der Waals surface area contributed by atoms with Gasteiger partial charge in [-0.25, -0.2) is 4.79 Å². The summed E-state index contributed by atoms with van der Waals surface area (Å²) in [5.41, 5.74) is 3.29. The first-order chi connectivity index (χ1) is 11.1. The Morgan fingerprint density at radius 3 is 2.57 bits per heavy atom. The second-order valence-electron chi connectivity index (χ2n) is 7.10. The molecule has 0 bridgehead atoms. The summed E-state index contributed by atoms with van der Waals surface area (Å²) >= 11 is 0. The zero-order chi connectivity index (χ0) is 16.2. The van der Waals surface area contributed by atoms with Crippen molar-refractivity contribution in [3.8, 4) is 0 Å². The normalized spacial score (nSPS) is 25.8. The van der Waals surface area contributed by atoms with E-state index in [1.807, 2.05) is 6.07 Å². The lowest BCUT2D eigenvalue weighted by molar-refractivity contribution is 0.0695. The third-order valence-corrected chi connectivity index (χ3v) is 5.36. The maximum absolute atomic E-state index is 11.7. The summed E-state index contributed by atoms with van der Waals surface area (Å²) in [5.74, 6) is 0.407. The van der Waals surface area contributed by atoms with Crippen molar-refractivity contribution in [1.29, 1.82) is 0 Å². The molecule has 0 unspecified atom stereocenters. The number of carboxylic acid groups (broad SMARTS) is 1. The Labute approximate surface area is 138 Å². The molecule has 1 N–H and O–H groups in total. The highest BCUT2D eigenvalue weighted by Gasteiger charge is 2.23. The zero-order valence-electron chi connectivity index (χ0n) is 14.0. The first-order valence-corrected chi connectivity index (χ1v) is 8.99. The highest BCUT2D eigenvalue weighted by atomic mass is 16.5. The fourth-order valence-corrected chi connectivity index (χ4v) is 3.99. The third kappa shape index (κ3) is 3.92. The molecule has 1 fully saturated rings. The van der Waals surface area contributed by atoms with Crippen LogP contribution in [-0.2, 0) is 17.6 Å². The standard InChI is InChI=1S/C19H27NO3/c1-13-4-2-6-14(7-3-5-13)18-12-16(19(21)22)15-8-10-23-11-9-17(15)20-18/h12-14H,2-11H2,1H3,(H,21,22). The Balaban J connectivity index is 1.91. The van der Waals surface area contributed by atoms with Crippen LogP contribution in [0.4, 0.5) is 0 Å². The second kappa shape index (κ2) is 7.43. The van der Waals surface area contributed by atoms with E-state index < -0.39 is 5.97 Å². The molecule has 0 saturated heterocycles. The number of aromatic nitrogens is 1. The number of carbonyl (C=O) groups is 1. The fourth-order valence-electron chi connectivity index (χ4n) is 3.99. The van der Waals surface area contributed by atoms with Gasteiger partial charge in [0.1, 0.15) is 0 Å². The Morgan fingerprint density at radius 2 is 1.87 bits per heavy atom. The second-order valence-corrected chi connectivity index (χ2v) is 7.10. The van der Waals surface area contributed by atoms with Gasteiger partial charge in [-0.2, -0.15) is 0 Å². The van der Waals surface area contributed by atoms with Crippen LogP contribution in [0.3, 0.4) is 0 Å². The van der Waals surface area contributed by atoms with E-state index in [4.69, 9.17) is 9.72 Å². The molecular weight excluding hydrogens is 290 g/mol. The van der Waals surface area contributed by atoms with Crippen molar-refractivity contribution < 1.29 is 14.6 Å². The third-order valence-electron chi connectivity index (χ3n) is 5.36. The van der Waals surface area contributed by atoms with Crippen LogP contribution in [0, 0.1) is 5.92 Å². The van der Waals surface area contributed by atoms with Crippen LogP contribution in [0.5, 0.6) is 0 Å². The van der Waals surface area contributed by atoms with Gasteiger partial charge < -0.3 is 9.84 Å². The zero-order valence-corrected chi connectivity index (χ0v) is 14.0. The van der Waals surface area contributed by atoms with E-state index in [0.717, 1.165) is 42.1 Å². The average Bonchev–Trinajstić information content (AvgIpc) is 2.74. The van der Waals surface area contributed by atoms with E-state index in [1.54, 1.807) is 0 Å². The first-order valence-electron chi connectivity index (χ1n) is 8.99. The molecule has 2 aliphatic rings. The number of carboxylic acids is 1. The van der Waals surface area contributed by atoms with Gasteiger partial charge in [-0.15, -0.1) is 0 Å². The first kappa shape index (κ1) is 16.4. The smallest absolute Gasteiger partial charge is 0.336 e. The molecule has 0 aromatic carbocycles. The van der Waals surface area contributed by atoms with E-state index in [1.165, 1.54) is 25.7 Å². The predicted molar refractivity (Wildman–Crippen MR) is 89.0 cm³/mol. The number of nitrogens with zero attached hydrogens (tertiary/aromatic N) is 1. The van der Waals surface area contributed by atoms with E-state index in [2.05, 4.69) is 6.92 Å². The molecule has 3 rings (SSSR count). The van der Waals surface area contributed by atoms with E-state index in [-0.39, 0.29) is 0 Å². The summed E-state index contributed by atoms with van der Waals surface area (Å²) < 4.78 is 5.51. The van der Waals surface area contributed by atoms with Gasteiger partial charge in [0.05, 0.1) is 18.8 Å². The molecule has 1 aliphatic heterocycles. The topological polar surface area (TPSA) is 59.4 Å². The number of hydrogen-bond donors (Lipinski definition) is 1. The lowest BCUT2D eigenvalue weighted by Crippen LogP contribution is -2.14. The molecule has 126 valence electrons. The average molecular weight is 317 g/mol. The Bertz CT molecular complexity index is 560. The number of rotatable bonds is 2. The molecular formula is C19H27NO3. The Kier molecular flexibility index (Phi) is 5.31. The number of hydrogen-bond acceptors (Lipinski definition) is 3. The maximum Gasteiger partial charge on any atom is 0.336 e. The van der Waals surface area contributed by atoms with Crippen molar-refractivity contribution in [2.45, 2.75) is 64.2 Å². The summed E-state index contributed by atoms with van der Waals surface area (Å²) in [4.78, 5) is 16.6. The van der Waals surface area contributed by atoms with Crippen LogP contribution in [0.15, 0.2) is 6.07 Å². The van der Waals surface area contributed by atoms with E-state index in [0.29, 0.717) is 31.1 Å². The molecule has 4 nitrogen and oxygen atoms in total. The van der Waals surface area contributed by atoms with Crippen LogP contribution in [0.1, 0.15) is 78.7 Å². The predicted octanol–water partition coefficient (Wildman–Crippen LogP) is 3.97. The van der Waals surface area contributed by atoms with Crippen molar-refractivity contribution in [3.63, 3.8) is 0 Å². The van der Waals surface area contributed by atoms with Gasteiger partial charge in [0.25, 0.3) is 0 Å². The molecule has 1 saturated carbocycles. The number of aromatic carboxylic acids is 1. The van der Waals surface area contributed by atoms with Crippen molar-refractivity contribution in [2.24, 2.45) is 5.92 Å². The highest BCUT2D eigenvalue weighted by Crippen LogP contribution is 2.33. The summed E-state index contributed by atoms with van der Waals surface area (Å²) in [6.07, 6.45) is 8.64. The van der Waals surface area contributed by atoms with Gasteiger partial charge in [-0.05, 0) is 36.8 Å². The highest BCUT2D eigenvalue weighted by molar-refractivity contribution is 5.89. The van der Waals surface area contributed by atoms with Crippen molar-refractivity contribution in [3.05, 3.63) is 28.6 Å². The molecule has 0 amide bonds. The summed E-state index contributed by atoms with van der Waals surface area (Å²) in [6.45, 7) is 3.57. The van der Waals surface area contributed by atoms with E-state index in [9.17, 15) is 9.90 Å². The van der Waals surface area contributed by atoms with Crippen molar-refractivity contribution in [1.82, 2.24) is 4.98 Å². The van der Waals surface area contributed by atoms with Crippen LogP contribution < -0.4 is 0 Å². The number of pyridine rings is 1. The molecule has 4 heteroatoms. The monoisotopic (exact) mass is 317 g/mol. The quantitative estimate of drug-likeness (QED) is 0.896. The fraction of sp³-hybridized carbons (Fsp3) is 0.684. The lowest BCUT2D eigenvalue weighted by Gasteiger charge is -2.23. The van der Waals surface area contributed by atoms with Crippen LogP contribution in [0.25, 0.3) is 0 Å². The lowest BCUT2D eigenvalue weighted by atomic mass is 9.84. The van der Waals surface area contributed by atoms with Crippen LogP contribution in [-0.4, -0.2) is 29.3 Å². The van der Waals surface area contributed by atoms with Crippen LogP contribution in [0.2, 0.25) is 0 Å². The largest absolute Gasteiger partial charge is 0.478 e. The van der Waals surface area contributed by atoms with Gasteiger partial charge in [0.15, 0.2) is 0 Å². The van der Waals surface area contributed by atoms with Gasteiger partial charge >= 0.3 is 5.97 Å². The molecule has 1 aromatic rings. The minimum Gasteiger partial charge on any atom is -0.478 e. The minimum absolute atomic E-state index is 0.412. The summed E-state index contributed by atoms with van der Waals surface area (Å²) in [7, 11) is 0. The minimum atomic E-state index is -0.828. The Hall–Kier alpha value is -1.42. The maximum atomic E-state index is 11.7. The van der Waals surface area contributed by atoms with Crippen molar-refractivity contribution in [2.75, 3.05) is 13.2 Å². The molecule has 23 heavy (non-hydrogen) atoms. The summed E-state index contributed by atoms with van der Waals surface area (Å²) in [5, 5.41) is 9.62. The van der Waals surface area contributed by atoms with Crippen molar-refractivity contribution >= 4 is 5.97 Å². The van der Waals surface area contributed by atoms with Gasteiger partial charge in [-0.3, -0.25) is 4.98 Å². The number of fused-ring (bicyclic) bond motifs is 1. The molecule has 2 heterocycles. The SMILES string of the molecule is CC1CCCC(c2cc(C(=O)O)c3c(n2)CCOCC3)CCC1. The van der Waals surface area contributed by atoms with E-state index >= 15 is 0 Å². The Morgan fingerprint density at radius 1 is 1.17 bits per heavy atom. The van der Waals surface area contributed by atoms with Gasteiger partial charge in [0.2, 0.25) is 0 Å². The van der Waals surface area contributed by atoms with Gasteiger partial charge in [-0.1, -0.05) is 32.6 Å². The van der Waals surface area contributed by atoms with Crippen LogP contribution >= 0.6 is 0 Å².